The second-order valence-corrected chi connectivity index (χ2v) is 10.4. The molecular formula is C20H22N2O4S2. The minimum Gasteiger partial charge on any atom is -0.489 e. The molecule has 1 saturated carbocycles. The van der Waals surface area contributed by atoms with E-state index in [1.165, 1.54) is 11.4 Å². The first kappa shape index (κ1) is 19.1. The van der Waals surface area contributed by atoms with E-state index in [4.69, 9.17) is 4.74 Å². The predicted octanol–water partition coefficient (Wildman–Crippen LogP) is 3.12. The number of carbonyl (C=O) groups is 1. The molecule has 2 aliphatic rings. The number of benzene rings is 2. The molecule has 1 aliphatic heterocycles. The zero-order chi connectivity index (χ0) is 19.8. The van der Waals surface area contributed by atoms with E-state index in [1.54, 1.807) is 48.5 Å². The molecule has 0 radical (unpaired) electrons. The third kappa shape index (κ3) is 3.46. The molecule has 0 aromatic heterocycles. The first-order valence-electron chi connectivity index (χ1n) is 9.12. The van der Waals surface area contributed by atoms with Gasteiger partial charge in [-0.2, -0.15) is 11.8 Å². The van der Waals surface area contributed by atoms with Crippen molar-refractivity contribution in [1.82, 2.24) is 0 Å². The van der Waals surface area contributed by atoms with Gasteiger partial charge in [0.1, 0.15) is 11.9 Å². The second-order valence-electron chi connectivity index (χ2n) is 7.06. The van der Waals surface area contributed by atoms with E-state index in [0.29, 0.717) is 24.2 Å². The largest absolute Gasteiger partial charge is 0.489 e. The van der Waals surface area contributed by atoms with Crippen molar-refractivity contribution in [2.45, 2.75) is 23.7 Å². The first-order valence-corrected chi connectivity index (χ1v) is 11.7. The molecular weight excluding hydrogens is 396 g/mol. The third-order valence-corrected chi connectivity index (χ3v) is 8.84. The molecule has 8 heteroatoms. The zero-order valence-electron chi connectivity index (χ0n) is 15.5. The second kappa shape index (κ2) is 7.33. The van der Waals surface area contributed by atoms with Gasteiger partial charge in [0.25, 0.3) is 0 Å². The molecule has 0 atom stereocenters. The summed E-state index contributed by atoms with van der Waals surface area (Å²) in [5, 5.41) is 2.76. The Hall–Kier alpha value is -2.19. The van der Waals surface area contributed by atoms with E-state index in [-0.39, 0.29) is 6.10 Å². The molecule has 2 fully saturated rings. The van der Waals surface area contributed by atoms with Crippen LogP contribution in [0.25, 0.3) is 0 Å². The summed E-state index contributed by atoms with van der Waals surface area (Å²) in [6.07, 6.45) is 0.886. The van der Waals surface area contributed by atoms with Crippen molar-refractivity contribution in [2.75, 3.05) is 28.2 Å². The van der Waals surface area contributed by atoms with E-state index in [9.17, 15) is 13.2 Å². The van der Waals surface area contributed by atoms with Crippen molar-refractivity contribution in [3.05, 3.63) is 54.6 Å². The minimum absolute atomic E-state index is 0.249. The number of nitrogens with one attached hydrogen (secondary N) is 1. The Kier molecular flexibility index (Phi) is 5.01. The van der Waals surface area contributed by atoms with Crippen LogP contribution in [0.2, 0.25) is 0 Å². The Morgan fingerprint density at radius 1 is 1.11 bits per heavy atom. The van der Waals surface area contributed by atoms with Crippen LogP contribution in [0.4, 0.5) is 11.4 Å². The number of amides is 1. The maximum atomic E-state index is 13.1. The summed E-state index contributed by atoms with van der Waals surface area (Å²) in [4.78, 5) is 12.8. The van der Waals surface area contributed by atoms with Gasteiger partial charge in [-0.15, -0.1) is 0 Å². The van der Waals surface area contributed by atoms with Crippen LogP contribution in [0.3, 0.4) is 0 Å². The van der Waals surface area contributed by atoms with Gasteiger partial charge >= 0.3 is 0 Å². The fourth-order valence-corrected chi connectivity index (χ4v) is 5.48. The van der Waals surface area contributed by atoms with Crippen molar-refractivity contribution >= 4 is 39.1 Å². The van der Waals surface area contributed by atoms with Crippen LogP contribution in [0.5, 0.6) is 5.75 Å². The molecule has 6 nitrogen and oxygen atoms in total. The van der Waals surface area contributed by atoms with Crippen LogP contribution < -0.4 is 14.4 Å². The maximum absolute atomic E-state index is 13.1. The van der Waals surface area contributed by atoms with E-state index in [1.807, 2.05) is 17.8 Å². The van der Waals surface area contributed by atoms with Crippen LogP contribution in [0.15, 0.2) is 54.6 Å². The van der Waals surface area contributed by atoms with E-state index >= 15 is 0 Å². The Morgan fingerprint density at radius 2 is 1.75 bits per heavy atom. The van der Waals surface area contributed by atoms with Gasteiger partial charge in [-0.05, 0) is 49.2 Å². The number of hydrogen-bond acceptors (Lipinski definition) is 5. The number of carbonyl (C=O) groups excluding carboxylic acids is 1. The maximum Gasteiger partial charge on any atom is 0.249 e. The molecule has 1 amide bonds. The van der Waals surface area contributed by atoms with Crippen LogP contribution in [0, 0.1) is 0 Å². The topological polar surface area (TPSA) is 75.7 Å². The molecule has 1 saturated heterocycles. The molecule has 0 unspecified atom stereocenters. The van der Waals surface area contributed by atoms with Crippen molar-refractivity contribution in [3.8, 4) is 5.75 Å². The number of anilines is 2. The van der Waals surface area contributed by atoms with Crippen LogP contribution in [-0.2, 0) is 14.8 Å². The lowest BCUT2D eigenvalue weighted by atomic mass is 10.2. The highest BCUT2D eigenvalue weighted by Crippen LogP contribution is 2.46. The monoisotopic (exact) mass is 418 g/mol. The van der Waals surface area contributed by atoms with Gasteiger partial charge in [0.2, 0.25) is 15.9 Å². The summed E-state index contributed by atoms with van der Waals surface area (Å²) in [5.74, 6) is 2.25. The predicted molar refractivity (Wildman–Crippen MR) is 113 cm³/mol. The highest BCUT2D eigenvalue weighted by atomic mass is 32.2. The molecule has 0 spiro atoms. The molecule has 2 aromatic rings. The summed E-state index contributed by atoms with van der Waals surface area (Å²) in [6, 6.07) is 15.9. The molecule has 1 heterocycles. The average Bonchev–Trinajstić information content (AvgIpc) is 3.49. The molecule has 28 heavy (non-hydrogen) atoms. The molecule has 1 aliphatic carbocycles. The number of nitrogens with zero attached hydrogens (tertiary/aromatic N) is 1. The fraction of sp³-hybridized carbons (Fsp3) is 0.350. The van der Waals surface area contributed by atoms with Gasteiger partial charge in [-0.3, -0.25) is 9.10 Å². The van der Waals surface area contributed by atoms with Crippen molar-refractivity contribution < 1.29 is 17.9 Å². The summed E-state index contributed by atoms with van der Waals surface area (Å²) in [6.45, 7) is 0. The molecule has 148 valence electrons. The standard InChI is InChI=1S/C20H22N2O4S2/c1-22(16-5-3-2-4-6-16)28(24,25)20(11-12-20)19(23)21-15-7-9-17(10-8-15)26-18-13-27-14-18/h2-10,18H,11-14H2,1H3,(H,21,23). The Morgan fingerprint density at radius 3 is 2.29 bits per heavy atom. The highest BCUT2D eigenvalue weighted by molar-refractivity contribution is 8.00. The summed E-state index contributed by atoms with van der Waals surface area (Å²) in [7, 11) is -2.34. The Bertz CT molecular complexity index is 953. The van der Waals surface area contributed by atoms with E-state index in [2.05, 4.69) is 5.32 Å². The molecule has 0 bridgehead atoms. The quantitative estimate of drug-likeness (QED) is 0.748. The van der Waals surface area contributed by atoms with Crippen LogP contribution in [0.1, 0.15) is 12.8 Å². The van der Waals surface area contributed by atoms with Crippen molar-refractivity contribution in [3.63, 3.8) is 0 Å². The fourth-order valence-electron chi connectivity index (χ4n) is 3.09. The summed E-state index contributed by atoms with van der Waals surface area (Å²) >= 11 is 1.85. The summed E-state index contributed by atoms with van der Waals surface area (Å²) in [5.41, 5.74) is 1.10. The lowest BCUT2D eigenvalue weighted by molar-refractivity contribution is -0.116. The van der Waals surface area contributed by atoms with Crippen LogP contribution >= 0.6 is 11.8 Å². The molecule has 4 rings (SSSR count). The first-order chi connectivity index (χ1) is 13.4. The van der Waals surface area contributed by atoms with Gasteiger partial charge in [0, 0.05) is 24.2 Å². The number of thioether (sulfide) groups is 1. The number of sulfonamides is 1. The zero-order valence-corrected chi connectivity index (χ0v) is 17.1. The smallest absolute Gasteiger partial charge is 0.249 e. The van der Waals surface area contributed by atoms with Gasteiger partial charge in [-0.25, -0.2) is 8.42 Å². The number of para-hydroxylation sites is 1. The van der Waals surface area contributed by atoms with Gasteiger partial charge in [0.05, 0.1) is 5.69 Å². The number of rotatable bonds is 7. The van der Waals surface area contributed by atoms with Gasteiger partial charge in [0.15, 0.2) is 4.75 Å². The Balaban J connectivity index is 1.46. The molecule has 1 N–H and O–H groups in total. The Labute approximate surface area is 169 Å². The normalized spacial score (nSPS) is 18.0. The lowest BCUT2D eigenvalue weighted by Gasteiger charge is -2.26. The SMILES string of the molecule is CN(c1ccccc1)S(=O)(=O)C1(C(=O)Nc2ccc(OC3CSC3)cc2)CC1. The van der Waals surface area contributed by atoms with Gasteiger partial charge in [-0.1, -0.05) is 18.2 Å². The number of hydrogen-bond donors (Lipinski definition) is 1. The number of ether oxygens (including phenoxy) is 1. The third-order valence-electron chi connectivity index (χ3n) is 5.11. The van der Waals surface area contributed by atoms with E-state index in [0.717, 1.165) is 17.3 Å². The van der Waals surface area contributed by atoms with Crippen LogP contribution in [-0.4, -0.2) is 43.7 Å². The average molecular weight is 419 g/mol. The van der Waals surface area contributed by atoms with E-state index < -0.39 is 20.7 Å². The minimum atomic E-state index is -3.83. The highest BCUT2D eigenvalue weighted by Gasteiger charge is 2.62. The lowest BCUT2D eigenvalue weighted by Crippen LogP contribution is -2.45. The van der Waals surface area contributed by atoms with Crippen molar-refractivity contribution in [1.29, 1.82) is 0 Å². The van der Waals surface area contributed by atoms with Crippen molar-refractivity contribution in [2.24, 2.45) is 0 Å². The summed E-state index contributed by atoms with van der Waals surface area (Å²) < 4.78 is 31.8. The van der Waals surface area contributed by atoms with Gasteiger partial charge < -0.3 is 10.1 Å². The molecule has 2 aromatic carbocycles.